The number of hydrogen-bond donors (Lipinski definition) is 1. The summed E-state index contributed by atoms with van der Waals surface area (Å²) >= 11 is 0. The maximum Gasteiger partial charge on any atom is 0.248 e. The minimum absolute atomic E-state index is 0.283. The monoisotopic (exact) mass is 189 g/mol. The second-order valence-corrected chi connectivity index (χ2v) is 4.14. The van der Waals surface area contributed by atoms with Gasteiger partial charge in [0.1, 0.15) is 5.75 Å². The van der Waals surface area contributed by atoms with E-state index < -0.39 is 5.91 Å². The SMILES string of the molecule is NC(=O)c1ccc2c(c1)OCC21CC1. The third kappa shape index (κ3) is 0.895. The smallest absolute Gasteiger partial charge is 0.248 e. The van der Waals surface area contributed by atoms with Crippen LogP contribution in [0.2, 0.25) is 0 Å². The first-order valence-corrected chi connectivity index (χ1v) is 4.78. The molecule has 1 aromatic carbocycles. The zero-order chi connectivity index (χ0) is 9.76. The maximum atomic E-state index is 10.9. The second-order valence-electron chi connectivity index (χ2n) is 4.14. The Labute approximate surface area is 81.9 Å². The van der Waals surface area contributed by atoms with Gasteiger partial charge in [0, 0.05) is 16.5 Å². The lowest BCUT2D eigenvalue weighted by atomic mass is 9.97. The molecule has 0 bridgehead atoms. The number of ether oxygens (including phenoxy) is 1. The van der Waals surface area contributed by atoms with E-state index in [0.29, 0.717) is 5.56 Å². The first-order chi connectivity index (χ1) is 6.71. The molecule has 72 valence electrons. The van der Waals surface area contributed by atoms with E-state index in [1.54, 1.807) is 12.1 Å². The second kappa shape index (κ2) is 2.29. The Morgan fingerprint density at radius 2 is 2.21 bits per heavy atom. The Hall–Kier alpha value is -1.51. The van der Waals surface area contributed by atoms with Crippen molar-refractivity contribution in [2.45, 2.75) is 18.3 Å². The molecule has 0 radical (unpaired) electrons. The molecule has 1 amide bonds. The summed E-state index contributed by atoms with van der Waals surface area (Å²) in [5.74, 6) is 0.451. The van der Waals surface area contributed by atoms with Gasteiger partial charge in [-0.1, -0.05) is 6.07 Å². The van der Waals surface area contributed by atoms with E-state index in [9.17, 15) is 4.79 Å². The molecular weight excluding hydrogens is 178 g/mol. The average molecular weight is 189 g/mol. The van der Waals surface area contributed by atoms with Gasteiger partial charge in [-0.25, -0.2) is 0 Å². The topological polar surface area (TPSA) is 52.3 Å². The lowest BCUT2D eigenvalue weighted by Gasteiger charge is -2.03. The Kier molecular flexibility index (Phi) is 1.29. The van der Waals surface area contributed by atoms with Gasteiger partial charge in [0.25, 0.3) is 0 Å². The van der Waals surface area contributed by atoms with Crippen LogP contribution in [0.4, 0.5) is 0 Å². The van der Waals surface area contributed by atoms with Crippen molar-refractivity contribution >= 4 is 5.91 Å². The van der Waals surface area contributed by atoms with E-state index in [1.807, 2.05) is 6.07 Å². The van der Waals surface area contributed by atoms with Crippen molar-refractivity contribution in [3.05, 3.63) is 29.3 Å². The average Bonchev–Trinajstić information content (AvgIpc) is 2.85. The van der Waals surface area contributed by atoms with E-state index in [-0.39, 0.29) is 5.41 Å². The van der Waals surface area contributed by atoms with Crippen LogP contribution in [-0.2, 0) is 5.41 Å². The molecular formula is C11H11NO2. The third-order valence-corrected chi connectivity index (χ3v) is 3.19. The summed E-state index contributed by atoms with van der Waals surface area (Å²) in [5.41, 5.74) is 7.26. The molecule has 0 saturated heterocycles. The van der Waals surface area contributed by atoms with Gasteiger partial charge < -0.3 is 10.5 Å². The highest BCUT2D eigenvalue weighted by Gasteiger charge is 2.50. The summed E-state index contributed by atoms with van der Waals surface area (Å²) in [7, 11) is 0. The van der Waals surface area contributed by atoms with Crippen molar-refractivity contribution in [2.75, 3.05) is 6.61 Å². The summed E-state index contributed by atoms with van der Waals surface area (Å²) < 4.78 is 5.56. The van der Waals surface area contributed by atoms with Crippen molar-refractivity contribution in [2.24, 2.45) is 5.73 Å². The number of primary amides is 1. The fraction of sp³-hybridized carbons (Fsp3) is 0.364. The molecule has 3 nitrogen and oxygen atoms in total. The summed E-state index contributed by atoms with van der Waals surface area (Å²) in [6.45, 7) is 0.768. The summed E-state index contributed by atoms with van der Waals surface area (Å²) in [6, 6.07) is 5.52. The van der Waals surface area contributed by atoms with Crippen molar-refractivity contribution < 1.29 is 9.53 Å². The van der Waals surface area contributed by atoms with Crippen LogP contribution in [0.1, 0.15) is 28.8 Å². The van der Waals surface area contributed by atoms with E-state index in [0.717, 1.165) is 12.4 Å². The van der Waals surface area contributed by atoms with Gasteiger partial charge in [0.2, 0.25) is 5.91 Å². The molecule has 1 fully saturated rings. The Morgan fingerprint density at radius 1 is 1.43 bits per heavy atom. The van der Waals surface area contributed by atoms with Crippen LogP contribution >= 0.6 is 0 Å². The number of hydrogen-bond acceptors (Lipinski definition) is 2. The minimum atomic E-state index is -0.395. The molecule has 2 N–H and O–H groups in total. The molecule has 1 aliphatic carbocycles. The number of carbonyl (C=O) groups excluding carboxylic acids is 1. The van der Waals surface area contributed by atoms with Gasteiger partial charge >= 0.3 is 0 Å². The lowest BCUT2D eigenvalue weighted by Crippen LogP contribution is -2.11. The van der Waals surface area contributed by atoms with E-state index in [4.69, 9.17) is 10.5 Å². The van der Waals surface area contributed by atoms with Gasteiger partial charge in [0.05, 0.1) is 6.61 Å². The first-order valence-electron chi connectivity index (χ1n) is 4.78. The zero-order valence-electron chi connectivity index (χ0n) is 7.75. The molecule has 3 heteroatoms. The predicted molar refractivity (Wildman–Crippen MR) is 51.4 cm³/mol. The van der Waals surface area contributed by atoms with Crippen LogP contribution < -0.4 is 10.5 Å². The van der Waals surface area contributed by atoms with Crippen LogP contribution in [0.15, 0.2) is 18.2 Å². The molecule has 0 unspecified atom stereocenters. The largest absolute Gasteiger partial charge is 0.492 e. The first kappa shape index (κ1) is 7.85. The number of amides is 1. The van der Waals surface area contributed by atoms with Gasteiger partial charge in [-0.15, -0.1) is 0 Å². The van der Waals surface area contributed by atoms with Crippen molar-refractivity contribution in [1.82, 2.24) is 0 Å². The number of fused-ring (bicyclic) bond motifs is 2. The highest BCUT2D eigenvalue weighted by Crippen LogP contribution is 2.55. The molecule has 3 rings (SSSR count). The van der Waals surface area contributed by atoms with Crippen molar-refractivity contribution in [3.8, 4) is 5.75 Å². The molecule has 2 aliphatic rings. The van der Waals surface area contributed by atoms with E-state index in [2.05, 4.69) is 0 Å². The van der Waals surface area contributed by atoms with Crippen molar-refractivity contribution in [1.29, 1.82) is 0 Å². The van der Waals surface area contributed by atoms with Crippen LogP contribution in [0.25, 0.3) is 0 Å². The standard InChI is InChI=1S/C11H11NO2/c12-10(13)7-1-2-8-9(5-7)14-6-11(8)3-4-11/h1-2,5H,3-4,6H2,(H2,12,13). The quantitative estimate of drug-likeness (QED) is 0.721. The maximum absolute atomic E-state index is 10.9. The molecule has 1 heterocycles. The molecule has 0 aromatic heterocycles. The Bertz CT molecular complexity index is 421. The third-order valence-electron chi connectivity index (χ3n) is 3.19. The molecule has 0 atom stereocenters. The predicted octanol–water partition coefficient (Wildman–Crippen LogP) is 1.21. The highest BCUT2D eigenvalue weighted by atomic mass is 16.5. The minimum Gasteiger partial charge on any atom is -0.492 e. The zero-order valence-corrected chi connectivity index (χ0v) is 7.75. The molecule has 1 aliphatic heterocycles. The van der Waals surface area contributed by atoms with Crippen LogP contribution in [0.5, 0.6) is 5.75 Å². The van der Waals surface area contributed by atoms with Gasteiger partial charge in [-0.2, -0.15) is 0 Å². The molecule has 1 spiro atoms. The molecule has 1 aromatic rings. The molecule has 1 saturated carbocycles. The fourth-order valence-electron chi connectivity index (χ4n) is 2.09. The van der Waals surface area contributed by atoms with Crippen LogP contribution in [-0.4, -0.2) is 12.5 Å². The van der Waals surface area contributed by atoms with E-state index in [1.165, 1.54) is 18.4 Å². The summed E-state index contributed by atoms with van der Waals surface area (Å²) in [6.07, 6.45) is 2.41. The van der Waals surface area contributed by atoms with Crippen molar-refractivity contribution in [3.63, 3.8) is 0 Å². The number of carbonyl (C=O) groups is 1. The van der Waals surface area contributed by atoms with Gasteiger partial charge in [0.15, 0.2) is 0 Å². The fourth-order valence-corrected chi connectivity index (χ4v) is 2.09. The summed E-state index contributed by atoms with van der Waals surface area (Å²) in [5, 5.41) is 0. The number of nitrogens with two attached hydrogens (primary N) is 1. The summed E-state index contributed by atoms with van der Waals surface area (Å²) in [4.78, 5) is 10.9. The van der Waals surface area contributed by atoms with Crippen LogP contribution in [0, 0.1) is 0 Å². The van der Waals surface area contributed by atoms with Gasteiger partial charge in [-0.05, 0) is 25.0 Å². The lowest BCUT2D eigenvalue weighted by molar-refractivity contribution is 0.1000. The number of rotatable bonds is 1. The Morgan fingerprint density at radius 3 is 2.86 bits per heavy atom. The van der Waals surface area contributed by atoms with E-state index >= 15 is 0 Å². The van der Waals surface area contributed by atoms with Gasteiger partial charge in [-0.3, -0.25) is 4.79 Å². The highest BCUT2D eigenvalue weighted by molar-refractivity contribution is 5.93. The Balaban J connectivity index is 2.09. The van der Waals surface area contributed by atoms with Crippen LogP contribution in [0.3, 0.4) is 0 Å². The number of benzene rings is 1. The molecule has 14 heavy (non-hydrogen) atoms. The normalized spacial score (nSPS) is 20.3.